The Kier molecular flexibility index (Phi) is 6.51. The topological polar surface area (TPSA) is 68.3 Å². The van der Waals surface area contributed by atoms with Gasteiger partial charge in [-0.25, -0.2) is 9.78 Å². The van der Waals surface area contributed by atoms with Crippen LogP contribution in [0.1, 0.15) is 46.3 Å². The lowest BCUT2D eigenvalue weighted by Gasteiger charge is -2.14. The number of fused-ring (bicyclic) bond motifs is 1. The van der Waals surface area contributed by atoms with Crippen molar-refractivity contribution in [2.75, 3.05) is 5.32 Å². The molecule has 1 aromatic carbocycles. The van der Waals surface area contributed by atoms with E-state index in [1.807, 2.05) is 30.5 Å². The van der Waals surface area contributed by atoms with Crippen molar-refractivity contribution in [3.05, 3.63) is 56.1 Å². The van der Waals surface area contributed by atoms with Gasteiger partial charge >= 0.3 is 5.97 Å². The molecule has 1 unspecified atom stereocenters. The van der Waals surface area contributed by atoms with Crippen molar-refractivity contribution in [1.82, 2.24) is 4.98 Å². The first kappa shape index (κ1) is 21.0. The van der Waals surface area contributed by atoms with Crippen molar-refractivity contribution >= 4 is 51.3 Å². The van der Waals surface area contributed by atoms with Gasteiger partial charge in [0.2, 0.25) is 0 Å². The van der Waals surface area contributed by atoms with Crippen molar-refractivity contribution < 1.29 is 14.3 Å². The maximum Gasteiger partial charge on any atom is 0.349 e. The number of thiazole rings is 1. The van der Waals surface area contributed by atoms with Crippen LogP contribution in [0.5, 0.6) is 0 Å². The zero-order chi connectivity index (χ0) is 21.1. The number of halogens is 1. The van der Waals surface area contributed by atoms with E-state index in [9.17, 15) is 9.59 Å². The highest BCUT2D eigenvalue weighted by molar-refractivity contribution is 7.14. The van der Waals surface area contributed by atoms with Crippen LogP contribution < -0.4 is 5.32 Å². The molecule has 2 aromatic heterocycles. The molecule has 3 aromatic rings. The maximum atomic E-state index is 12.7. The van der Waals surface area contributed by atoms with Gasteiger partial charge in [-0.05, 0) is 55.9 Å². The van der Waals surface area contributed by atoms with Gasteiger partial charge in [0.05, 0.1) is 5.69 Å². The smallest absolute Gasteiger partial charge is 0.349 e. The summed E-state index contributed by atoms with van der Waals surface area (Å²) in [6.45, 7) is 1.82. The van der Waals surface area contributed by atoms with Gasteiger partial charge in [-0.2, -0.15) is 0 Å². The lowest BCUT2D eigenvalue weighted by Crippen LogP contribution is -2.31. The van der Waals surface area contributed by atoms with Gasteiger partial charge in [-0.3, -0.25) is 10.1 Å². The molecular weight excluding hydrogens is 440 g/mol. The molecule has 0 bridgehead atoms. The number of ether oxygens (including phenoxy) is 1. The minimum atomic E-state index is -0.862. The highest BCUT2D eigenvalue weighted by Gasteiger charge is 2.25. The standard InChI is InChI=1S/C22H21ClN2O3S2/c1-2-17(28-21(27)19-11-14-5-3-4-6-18(14)30-19)20(26)25-22-24-16(12-29-22)13-7-9-15(23)10-8-13/h7-12,17H,2-6H2,1H3,(H,24,25,26). The Hall–Kier alpha value is -2.22. The molecule has 1 aliphatic rings. The Balaban J connectivity index is 1.40. The number of anilines is 1. The molecular formula is C22H21ClN2O3S2. The lowest BCUT2D eigenvalue weighted by atomic mass is 9.99. The summed E-state index contributed by atoms with van der Waals surface area (Å²) in [6.07, 6.45) is 3.87. The maximum absolute atomic E-state index is 12.7. The zero-order valence-corrected chi connectivity index (χ0v) is 18.8. The summed E-state index contributed by atoms with van der Waals surface area (Å²) >= 11 is 8.74. The lowest BCUT2D eigenvalue weighted by molar-refractivity contribution is -0.124. The van der Waals surface area contributed by atoms with E-state index in [4.69, 9.17) is 16.3 Å². The number of nitrogens with one attached hydrogen (secondary N) is 1. The normalized spacial score (nSPS) is 14.1. The molecule has 30 heavy (non-hydrogen) atoms. The molecule has 156 valence electrons. The first-order chi connectivity index (χ1) is 14.5. The van der Waals surface area contributed by atoms with Gasteiger partial charge in [-0.15, -0.1) is 22.7 Å². The predicted molar refractivity (Wildman–Crippen MR) is 122 cm³/mol. The number of carbonyl (C=O) groups excluding carboxylic acids is 2. The van der Waals surface area contributed by atoms with E-state index in [2.05, 4.69) is 10.3 Å². The number of hydrogen-bond acceptors (Lipinski definition) is 6. The monoisotopic (exact) mass is 460 g/mol. The number of esters is 1. The predicted octanol–water partition coefficient (Wildman–Crippen LogP) is 5.98. The molecule has 1 aliphatic carbocycles. The molecule has 4 rings (SSSR count). The fourth-order valence-corrected chi connectivity index (χ4v) is 5.36. The second-order valence-electron chi connectivity index (χ2n) is 7.10. The number of nitrogens with zero attached hydrogens (tertiary/aromatic N) is 1. The van der Waals surface area contributed by atoms with Crippen LogP contribution in [0.2, 0.25) is 5.02 Å². The quantitative estimate of drug-likeness (QED) is 0.459. The summed E-state index contributed by atoms with van der Waals surface area (Å²) in [5, 5.41) is 5.75. The zero-order valence-electron chi connectivity index (χ0n) is 16.4. The van der Waals surface area contributed by atoms with E-state index in [0.29, 0.717) is 21.5 Å². The molecule has 1 atom stereocenters. The van der Waals surface area contributed by atoms with E-state index in [0.717, 1.165) is 36.9 Å². The molecule has 8 heteroatoms. The van der Waals surface area contributed by atoms with E-state index >= 15 is 0 Å². The first-order valence-electron chi connectivity index (χ1n) is 9.88. The third-order valence-corrected chi connectivity index (χ3v) is 7.21. The van der Waals surface area contributed by atoms with E-state index in [-0.39, 0.29) is 5.91 Å². The second-order valence-corrected chi connectivity index (χ2v) is 9.53. The number of benzene rings is 1. The minimum Gasteiger partial charge on any atom is -0.448 e. The Morgan fingerprint density at radius 2 is 2.00 bits per heavy atom. The van der Waals surface area contributed by atoms with Crippen LogP contribution in [-0.2, 0) is 22.4 Å². The number of carbonyl (C=O) groups is 2. The Morgan fingerprint density at radius 3 is 2.73 bits per heavy atom. The van der Waals surface area contributed by atoms with Gasteiger partial charge in [0.1, 0.15) is 4.88 Å². The molecule has 1 amide bonds. The third kappa shape index (κ3) is 4.74. The van der Waals surface area contributed by atoms with E-state index in [1.165, 1.54) is 33.1 Å². The van der Waals surface area contributed by atoms with Crippen molar-refractivity contribution in [2.24, 2.45) is 0 Å². The third-order valence-electron chi connectivity index (χ3n) is 4.98. The summed E-state index contributed by atoms with van der Waals surface area (Å²) in [4.78, 5) is 31.5. The van der Waals surface area contributed by atoms with Crippen LogP contribution in [-0.4, -0.2) is 23.0 Å². The largest absolute Gasteiger partial charge is 0.448 e. The Morgan fingerprint density at radius 1 is 1.23 bits per heavy atom. The molecule has 1 N–H and O–H groups in total. The van der Waals surface area contributed by atoms with E-state index in [1.54, 1.807) is 12.1 Å². The van der Waals surface area contributed by atoms with Crippen molar-refractivity contribution in [2.45, 2.75) is 45.1 Å². The van der Waals surface area contributed by atoms with Crippen LogP contribution >= 0.6 is 34.3 Å². The summed E-state index contributed by atoms with van der Waals surface area (Å²) < 4.78 is 5.52. The highest BCUT2D eigenvalue weighted by atomic mass is 35.5. The summed E-state index contributed by atoms with van der Waals surface area (Å²) in [5.74, 6) is -0.804. The molecule has 2 heterocycles. The molecule has 0 aliphatic heterocycles. The van der Waals surface area contributed by atoms with Crippen molar-refractivity contribution in [3.8, 4) is 11.3 Å². The van der Waals surface area contributed by atoms with Crippen molar-refractivity contribution in [3.63, 3.8) is 0 Å². The fraction of sp³-hybridized carbons (Fsp3) is 0.318. The molecule has 0 saturated carbocycles. The molecule has 0 fully saturated rings. The highest BCUT2D eigenvalue weighted by Crippen LogP contribution is 2.30. The SMILES string of the molecule is CCC(OC(=O)c1cc2c(s1)CCCC2)C(=O)Nc1nc(-c2ccc(Cl)cc2)cs1. The summed E-state index contributed by atoms with van der Waals surface area (Å²) in [7, 11) is 0. The van der Waals surface area contributed by atoms with Crippen LogP contribution in [0.15, 0.2) is 35.7 Å². The van der Waals surface area contributed by atoms with Crippen LogP contribution in [0.25, 0.3) is 11.3 Å². The summed E-state index contributed by atoms with van der Waals surface area (Å²) in [5.41, 5.74) is 2.91. The van der Waals surface area contributed by atoms with Crippen LogP contribution in [0.4, 0.5) is 5.13 Å². The summed E-state index contributed by atoms with van der Waals surface area (Å²) in [6, 6.07) is 9.26. The number of aromatic nitrogens is 1. The average Bonchev–Trinajstić information content (AvgIpc) is 3.39. The van der Waals surface area contributed by atoms with Gasteiger partial charge < -0.3 is 4.74 Å². The van der Waals surface area contributed by atoms with Crippen molar-refractivity contribution in [1.29, 1.82) is 0 Å². The number of hydrogen-bond donors (Lipinski definition) is 1. The number of rotatable bonds is 6. The molecule has 0 radical (unpaired) electrons. The molecule has 5 nitrogen and oxygen atoms in total. The fourth-order valence-electron chi connectivity index (χ4n) is 3.37. The Labute approximate surface area is 188 Å². The second kappa shape index (κ2) is 9.29. The van der Waals surface area contributed by atoms with E-state index < -0.39 is 12.1 Å². The van der Waals surface area contributed by atoms with Gasteiger partial charge in [0.25, 0.3) is 5.91 Å². The number of aryl methyl sites for hydroxylation is 2. The molecule has 0 saturated heterocycles. The number of amides is 1. The average molecular weight is 461 g/mol. The first-order valence-corrected chi connectivity index (χ1v) is 12.0. The van der Waals surface area contributed by atoms with Gasteiger partial charge in [0.15, 0.2) is 11.2 Å². The number of thiophene rings is 1. The Bertz CT molecular complexity index is 1040. The minimum absolute atomic E-state index is 0.371. The van der Waals surface area contributed by atoms with Crippen LogP contribution in [0, 0.1) is 0 Å². The van der Waals surface area contributed by atoms with Gasteiger partial charge in [0, 0.05) is 20.8 Å². The van der Waals surface area contributed by atoms with Crippen LogP contribution in [0.3, 0.4) is 0 Å². The molecule has 0 spiro atoms. The van der Waals surface area contributed by atoms with Gasteiger partial charge in [-0.1, -0.05) is 30.7 Å².